The van der Waals surface area contributed by atoms with Crippen LogP contribution in [-0.2, 0) is 9.47 Å². The SMILES string of the molecule is O=C(Nc1ccc2c(c1)OCCO2)c1cc(N2CCC3(CC2)OCCO3)ncn1. The molecular weight excluding hydrogens is 376 g/mol. The van der Waals surface area contributed by atoms with Crippen LogP contribution >= 0.6 is 0 Å². The highest BCUT2D eigenvalue weighted by Gasteiger charge is 2.40. The van der Waals surface area contributed by atoms with Gasteiger partial charge in [0, 0.05) is 43.8 Å². The van der Waals surface area contributed by atoms with Crippen molar-refractivity contribution in [1.82, 2.24) is 9.97 Å². The monoisotopic (exact) mass is 398 g/mol. The number of benzene rings is 1. The summed E-state index contributed by atoms with van der Waals surface area (Å²) in [5.74, 6) is 1.27. The van der Waals surface area contributed by atoms with Gasteiger partial charge in [-0.05, 0) is 12.1 Å². The highest BCUT2D eigenvalue weighted by Crippen LogP contribution is 2.34. The fourth-order valence-electron chi connectivity index (χ4n) is 3.82. The van der Waals surface area contributed by atoms with Crippen LogP contribution in [0.25, 0.3) is 0 Å². The molecule has 4 heterocycles. The number of anilines is 2. The lowest BCUT2D eigenvalue weighted by atomic mass is 10.0. The van der Waals surface area contributed by atoms with Crippen molar-refractivity contribution in [1.29, 1.82) is 0 Å². The van der Waals surface area contributed by atoms with E-state index in [0.29, 0.717) is 49.3 Å². The third kappa shape index (κ3) is 3.70. The number of fused-ring (bicyclic) bond motifs is 1. The van der Waals surface area contributed by atoms with E-state index in [0.717, 1.165) is 31.7 Å². The highest BCUT2D eigenvalue weighted by molar-refractivity contribution is 6.03. The number of aromatic nitrogens is 2. The van der Waals surface area contributed by atoms with Crippen LogP contribution in [0.4, 0.5) is 11.5 Å². The summed E-state index contributed by atoms with van der Waals surface area (Å²) in [4.78, 5) is 23.3. The van der Waals surface area contributed by atoms with Gasteiger partial charge in [0.15, 0.2) is 17.3 Å². The molecule has 2 aromatic rings. The molecule has 5 rings (SSSR count). The first-order valence-electron chi connectivity index (χ1n) is 9.77. The van der Waals surface area contributed by atoms with Crippen LogP contribution in [0.1, 0.15) is 23.3 Å². The van der Waals surface area contributed by atoms with E-state index in [4.69, 9.17) is 18.9 Å². The molecule has 152 valence electrons. The standard InChI is InChI=1S/C20H22N4O5/c25-19(23-14-1-2-16-17(11-14)27-8-7-26-16)15-12-18(22-13-21-15)24-5-3-20(4-6-24)28-9-10-29-20/h1-2,11-13H,3-10H2,(H,23,25). The van der Waals surface area contributed by atoms with Gasteiger partial charge in [0.1, 0.15) is 31.1 Å². The van der Waals surface area contributed by atoms with E-state index in [1.54, 1.807) is 24.3 Å². The molecule has 1 aromatic heterocycles. The zero-order valence-electron chi connectivity index (χ0n) is 15.9. The normalized spacial score (nSPS) is 19.9. The molecule has 0 radical (unpaired) electrons. The van der Waals surface area contributed by atoms with Crippen LogP contribution in [0.5, 0.6) is 11.5 Å². The molecule has 0 unspecified atom stereocenters. The van der Waals surface area contributed by atoms with Crippen molar-refractivity contribution in [3.8, 4) is 11.5 Å². The molecule has 0 saturated carbocycles. The Morgan fingerprint density at radius 1 is 0.966 bits per heavy atom. The lowest BCUT2D eigenvalue weighted by Gasteiger charge is -2.38. The molecule has 1 amide bonds. The van der Waals surface area contributed by atoms with E-state index >= 15 is 0 Å². The predicted molar refractivity (Wildman–Crippen MR) is 103 cm³/mol. The fraction of sp³-hybridized carbons (Fsp3) is 0.450. The third-order valence-electron chi connectivity index (χ3n) is 5.35. The molecule has 2 fully saturated rings. The minimum Gasteiger partial charge on any atom is -0.486 e. The number of amides is 1. The van der Waals surface area contributed by atoms with E-state index in [-0.39, 0.29) is 5.91 Å². The van der Waals surface area contributed by atoms with Gasteiger partial charge in [-0.2, -0.15) is 0 Å². The largest absolute Gasteiger partial charge is 0.486 e. The van der Waals surface area contributed by atoms with Crippen LogP contribution in [-0.4, -0.2) is 61.2 Å². The Labute approximate surface area is 167 Å². The Kier molecular flexibility index (Phi) is 4.69. The number of piperidine rings is 1. The van der Waals surface area contributed by atoms with Crippen molar-refractivity contribution in [2.24, 2.45) is 0 Å². The molecule has 1 spiro atoms. The lowest BCUT2D eigenvalue weighted by molar-refractivity contribution is -0.169. The molecule has 1 N–H and O–H groups in total. The first-order valence-corrected chi connectivity index (χ1v) is 9.77. The van der Waals surface area contributed by atoms with E-state index in [9.17, 15) is 4.79 Å². The molecule has 3 aliphatic rings. The van der Waals surface area contributed by atoms with Crippen molar-refractivity contribution < 1.29 is 23.7 Å². The van der Waals surface area contributed by atoms with Crippen LogP contribution in [0.3, 0.4) is 0 Å². The summed E-state index contributed by atoms with van der Waals surface area (Å²) in [6.07, 6.45) is 2.96. The number of hydrogen-bond donors (Lipinski definition) is 1. The number of hydrogen-bond acceptors (Lipinski definition) is 8. The van der Waals surface area contributed by atoms with E-state index in [2.05, 4.69) is 20.2 Å². The van der Waals surface area contributed by atoms with Crippen LogP contribution < -0.4 is 19.7 Å². The van der Waals surface area contributed by atoms with Gasteiger partial charge >= 0.3 is 0 Å². The molecule has 9 heteroatoms. The second-order valence-electron chi connectivity index (χ2n) is 7.17. The second-order valence-corrected chi connectivity index (χ2v) is 7.17. The number of rotatable bonds is 3. The summed E-state index contributed by atoms with van der Waals surface area (Å²) in [5, 5.41) is 2.85. The van der Waals surface area contributed by atoms with E-state index in [1.807, 2.05) is 0 Å². The summed E-state index contributed by atoms with van der Waals surface area (Å²) < 4.78 is 22.6. The summed E-state index contributed by atoms with van der Waals surface area (Å²) >= 11 is 0. The number of ether oxygens (including phenoxy) is 4. The van der Waals surface area contributed by atoms with Crippen LogP contribution in [0.2, 0.25) is 0 Å². The fourth-order valence-corrected chi connectivity index (χ4v) is 3.82. The van der Waals surface area contributed by atoms with E-state index < -0.39 is 5.79 Å². The number of carbonyl (C=O) groups excluding carboxylic acids is 1. The number of carbonyl (C=O) groups is 1. The van der Waals surface area contributed by atoms with Gasteiger partial charge < -0.3 is 29.2 Å². The number of nitrogens with one attached hydrogen (secondary N) is 1. The van der Waals surface area contributed by atoms with Gasteiger partial charge in [-0.1, -0.05) is 0 Å². The number of nitrogens with zero attached hydrogens (tertiary/aromatic N) is 3. The molecule has 9 nitrogen and oxygen atoms in total. The zero-order chi connectivity index (χ0) is 19.7. The highest BCUT2D eigenvalue weighted by atomic mass is 16.7. The molecule has 29 heavy (non-hydrogen) atoms. The van der Waals surface area contributed by atoms with Crippen molar-refractivity contribution in [2.45, 2.75) is 18.6 Å². The maximum absolute atomic E-state index is 12.7. The molecule has 2 saturated heterocycles. The zero-order valence-corrected chi connectivity index (χ0v) is 15.9. The molecular formula is C20H22N4O5. The van der Waals surface area contributed by atoms with Gasteiger partial charge in [-0.25, -0.2) is 9.97 Å². The molecule has 3 aliphatic heterocycles. The van der Waals surface area contributed by atoms with Crippen molar-refractivity contribution >= 4 is 17.4 Å². The Hall–Kier alpha value is -2.91. The Bertz CT molecular complexity index is 905. The third-order valence-corrected chi connectivity index (χ3v) is 5.35. The summed E-state index contributed by atoms with van der Waals surface area (Å²) in [7, 11) is 0. The maximum atomic E-state index is 12.7. The lowest BCUT2D eigenvalue weighted by Crippen LogP contribution is -2.45. The summed E-state index contributed by atoms with van der Waals surface area (Å²) in [6, 6.07) is 7.02. The predicted octanol–water partition coefficient (Wildman–Crippen LogP) is 1.84. The summed E-state index contributed by atoms with van der Waals surface area (Å²) in [5.41, 5.74) is 0.924. The first kappa shape index (κ1) is 18.1. The van der Waals surface area contributed by atoms with Gasteiger partial charge in [0.05, 0.1) is 13.2 Å². The van der Waals surface area contributed by atoms with Crippen LogP contribution in [0, 0.1) is 0 Å². The van der Waals surface area contributed by atoms with Crippen LogP contribution in [0.15, 0.2) is 30.6 Å². The Morgan fingerprint density at radius 2 is 1.72 bits per heavy atom. The van der Waals surface area contributed by atoms with Crippen molar-refractivity contribution in [2.75, 3.05) is 49.7 Å². The van der Waals surface area contributed by atoms with Crippen molar-refractivity contribution in [3.05, 3.63) is 36.3 Å². The second kappa shape index (κ2) is 7.49. The van der Waals surface area contributed by atoms with Gasteiger partial charge in [-0.15, -0.1) is 0 Å². The molecule has 0 atom stereocenters. The minimum absolute atomic E-state index is 0.304. The van der Waals surface area contributed by atoms with Gasteiger partial charge in [-0.3, -0.25) is 4.79 Å². The summed E-state index contributed by atoms with van der Waals surface area (Å²) in [6.45, 7) is 3.82. The molecule has 1 aromatic carbocycles. The molecule has 0 bridgehead atoms. The average molecular weight is 398 g/mol. The van der Waals surface area contributed by atoms with E-state index in [1.165, 1.54) is 6.33 Å². The minimum atomic E-state index is -0.442. The maximum Gasteiger partial charge on any atom is 0.274 e. The Morgan fingerprint density at radius 3 is 2.52 bits per heavy atom. The van der Waals surface area contributed by atoms with Gasteiger partial charge in [0.2, 0.25) is 0 Å². The average Bonchev–Trinajstić information content (AvgIpc) is 3.22. The van der Waals surface area contributed by atoms with Crippen molar-refractivity contribution in [3.63, 3.8) is 0 Å². The smallest absolute Gasteiger partial charge is 0.274 e. The van der Waals surface area contributed by atoms with Gasteiger partial charge in [0.25, 0.3) is 5.91 Å². The first-order chi connectivity index (χ1) is 14.2. The quantitative estimate of drug-likeness (QED) is 0.837. The molecule has 0 aliphatic carbocycles. The topological polar surface area (TPSA) is 95.0 Å². The Balaban J connectivity index is 1.26.